The Kier molecular flexibility index (Phi) is 4.77. The lowest BCUT2D eigenvalue weighted by molar-refractivity contribution is -0.120. The highest BCUT2D eigenvalue weighted by molar-refractivity contribution is 5.78. The van der Waals surface area contributed by atoms with E-state index in [1.807, 2.05) is 0 Å². The summed E-state index contributed by atoms with van der Waals surface area (Å²) < 4.78 is 18.7. The zero-order valence-electron chi connectivity index (χ0n) is 11.7. The van der Waals surface area contributed by atoms with Crippen molar-refractivity contribution in [3.63, 3.8) is 0 Å². The molecule has 0 radical (unpaired) electrons. The van der Waals surface area contributed by atoms with Crippen LogP contribution in [0.3, 0.4) is 0 Å². The number of methoxy groups -OCH3 is 1. The Morgan fingerprint density at radius 3 is 2.71 bits per heavy atom. The van der Waals surface area contributed by atoms with Crippen molar-refractivity contribution in [2.45, 2.75) is 13.0 Å². The van der Waals surface area contributed by atoms with E-state index in [0.29, 0.717) is 17.0 Å². The van der Waals surface area contributed by atoms with Crippen molar-refractivity contribution in [1.29, 1.82) is 0 Å². The standard InChI is InChI=1S/C16H17FN2O2/c1-21-15-7-6-13(18)8-12(15)10-19-16(20)9-11-4-2-3-5-14(11)17/h2-8H,9-10,18H2,1H3,(H,19,20). The molecule has 2 aromatic carbocycles. The smallest absolute Gasteiger partial charge is 0.224 e. The summed E-state index contributed by atoms with van der Waals surface area (Å²) in [4.78, 5) is 11.9. The van der Waals surface area contributed by atoms with Gasteiger partial charge in [-0.15, -0.1) is 0 Å². The van der Waals surface area contributed by atoms with Gasteiger partial charge in [0.05, 0.1) is 13.5 Å². The highest BCUT2D eigenvalue weighted by Gasteiger charge is 2.09. The van der Waals surface area contributed by atoms with Crippen molar-refractivity contribution in [3.8, 4) is 5.75 Å². The second-order valence-electron chi connectivity index (χ2n) is 4.62. The molecule has 0 saturated heterocycles. The first-order valence-corrected chi connectivity index (χ1v) is 6.52. The Hall–Kier alpha value is -2.56. The monoisotopic (exact) mass is 288 g/mol. The number of nitrogens with one attached hydrogen (secondary N) is 1. The topological polar surface area (TPSA) is 64.3 Å². The van der Waals surface area contributed by atoms with Crippen molar-refractivity contribution in [2.24, 2.45) is 0 Å². The van der Waals surface area contributed by atoms with Crippen LogP contribution in [0.15, 0.2) is 42.5 Å². The summed E-state index contributed by atoms with van der Waals surface area (Å²) in [7, 11) is 1.55. The molecule has 1 amide bonds. The molecule has 0 aliphatic carbocycles. The molecule has 2 rings (SSSR count). The van der Waals surface area contributed by atoms with Crippen molar-refractivity contribution < 1.29 is 13.9 Å². The molecule has 110 valence electrons. The number of hydrogen-bond donors (Lipinski definition) is 2. The number of hydrogen-bond acceptors (Lipinski definition) is 3. The van der Waals surface area contributed by atoms with Gasteiger partial charge < -0.3 is 15.8 Å². The lowest BCUT2D eigenvalue weighted by Crippen LogP contribution is -2.25. The highest BCUT2D eigenvalue weighted by atomic mass is 19.1. The van der Waals surface area contributed by atoms with Gasteiger partial charge in [0.1, 0.15) is 11.6 Å². The largest absolute Gasteiger partial charge is 0.496 e. The van der Waals surface area contributed by atoms with E-state index in [4.69, 9.17) is 10.5 Å². The SMILES string of the molecule is COc1ccc(N)cc1CNC(=O)Cc1ccccc1F. The van der Waals surface area contributed by atoms with Gasteiger partial charge in [-0.25, -0.2) is 4.39 Å². The van der Waals surface area contributed by atoms with E-state index in [9.17, 15) is 9.18 Å². The fourth-order valence-corrected chi connectivity index (χ4v) is 2.01. The second-order valence-corrected chi connectivity index (χ2v) is 4.62. The van der Waals surface area contributed by atoms with Crippen LogP contribution in [0.25, 0.3) is 0 Å². The van der Waals surface area contributed by atoms with E-state index in [-0.39, 0.29) is 24.7 Å². The fraction of sp³-hybridized carbons (Fsp3) is 0.188. The van der Waals surface area contributed by atoms with Crippen LogP contribution in [0.1, 0.15) is 11.1 Å². The summed E-state index contributed by atoms with van der Waals surface area (Å²) in [6.07, 6.45) is -0.00267. The average Bonchev–Trinajstić information content (AvgIpc) is 2.48. The minimum Gasteiger partial charge on any atom is -0.496 e. The van der Waals surface area contributed by atoms with E-state index in [2.05, 4.69) is 5.32 Å². The van der Waals surface area contributed by atoms with Crippen LogP contribution in [0.2, 0.25) is 0 Å². The van der Waals surface area contributed by atoms with Crippen LogP contribution < -0.4 is 15.8 Å². The third-order valence-corrected chi connectivity index (χ3v) is 3.09. The minimum atomic E-state index is -0.380. The predicted molar refractivity (Wildman–Crippen MR) is 79.4 cm³/mol. The number of nitrogen functional groups attached to an aromatic ring is 1. The van der Waals surface area contributed by atoms with E-state index in [1.54, 1.807) is 43.5 Å². The molecular formula is C16H17FN2O2. The van der Waals surface area contributed by atoms with Gasteiger partial charge in [-0.3, -0.25) is 4.79 Å². The number of halogens is 1. The molecule has 3 N–H and O–H groups in total. The first-order valence-electron chi connectivity index (χ1n) is 6.52. The molecule has 21 heavy (non-hydrogen) atoms. The molecule has 2 aromatic rings. The van der Waals surface area contributed by atoms with Crippen molar-refractivity contribution >= 4 is 11.6 Å². The number of amides is 1. The summed E-state index contributed by atoms with van der Waals surface area (Å²) in [5, 5.41) is 2.74. The second kappa shape index (κ2) is 6.74. The van der Waals surface area contributed by atoms with Crippen LogP contribution in [-0.2, 0) is 17.8 Å². The predicted octanol–water partition coefficient (Wildman–Crippen LogP) is 2.28. The summed E-state index contributed by atoms with van der Waals surface area (Å²) in [5.41, 5.74) is 7.45. The Morgan fingerprint density at radius 1 is 1.24 bits per heavy atom. The number of carbonyl (C=O) groups is 1. The molecule has 0 bridgehead atoms. The molecule has 0 saturated carbocycles. The number of anilines is 1. The van der Waals surface area contributed by atoms with Crippen LogP contribution in [-0.4, -0.2) is 13.0 Å². The number of rotatable bonds is 5. The first kappa shape index (κ1) is 14.8. The highest BCUT2D eigenvalue weighted by Crippen LogP contribution is 2.20. The van der Waals surface area contributed by atoms with E-state index in [1.165, 1.54) is 6.07 Å². The van der Waals surface area contributed by atoms with Crippen molar-refractivity contribution in [2.75, 3.05) is 12.8 Å². The maximum Gasteiger partial charge on any atom is 0.224 e. The van der Waals surface area contributed by atoms with E-state index in [0.717, 1.165) is 5.56 Å². The zero-order chi connectivity index (χ0) is 15.2. The Labute approximate surface area is 122 Å². The first-order chi connectivity index (χ1) is 10.1. The molecule has 0 aliphatic rings. The van der Waals surface area contributed by atoms with Gasteiger partial charge >= 0.3 is 0 Å². The van der Waals surface area contributed by atoms with Gasteiger partial charge in [-0.1, -0.05) is 18.2 Å². The normalized spacial score (nSPS) is 10.2. The van der Waals surface area contributed by atoms with Crippen LogP contribution >= 0.6 is 0 Å². The lowest BCUT2D eigenvalue weighted by Gasteiger charge is -2.11. The van der Waals surface area contributed by atoms with Crippen LogP contribution in [0.5, 0.6) is 5.75 Å². The molecule has 0 unspecified atom stereocenters. The maximum absolute atomic E-state index is 13.5. The molecule has 4 nitrogen and oxygen atoms in total. The zero-order valence-corrected chi connectivity index (χ0v) is 11.7. The van der Waals surface area contributed by atoms with Gasteiger partial charge in [0.15, 0.2) is 0 Å². The maximum atomic E-state index is 13.5. The molecule has 0 spiro atoms. The van der Waals surface area contributed by atoms with Crippen LogP contribution in [0, 0.1) is 5.82 Å². The Balaban J connectivity index is 1.98. The Morgan fingerprint density at radius 2 is 2.00 bits per heavy atom. The van der Waals surface area contributed by atoms with Gasteiger partial charge in [0, 0.05) is 17.8 Å². The van der Waals surface area contributed by atoms with Gasteiger partial charge in [-0.05, 0) is 29.8 Å². The summed E-state index contributed by atoms with van der Waals surface area (Å²) >= 11 is 0. The van der Waals surface area contributed by atoms with Crippen molar-refractivity contribution in [3.05, 3.63) is 59.4 Å². The quantitative estimate of drug-likeness (QED) is 0.830. The summed E-state index contributed by atoms with van der Waals surface area (Å²) in [6, 6.07) is 11.4. The summed E-state index contributed by atoms with van der Waals surface area (Å²) in [6.45, 7) is 0.279. The Bertz CT molecular complexity index is 644. The minimum absolute atomic E-state index is 0.00267. The molecule has 0 fully saturated rings. The molecule has 0 atom stereocenters. The summed E-state index contributed by atoms with van der Waals surface area (Å²) in [5.74, 6) is 0.00848. The molecular weight excluding hydrogens is 271 g/mol. The van der Waals surface area contributed by atoms with E-state index < -0.39 is 0 Å². The number of benzene rings is 2. The number of nitrogens with two attached hydrogens (primary N) is 1. The molecule has 0 aliphatic heterocycles. The van der Waals surface area contributed by atoms with Crippen LogP contribution in [0.4, 0.5) is 10.1 Å². The van der Waals surface area contributed by atoms with Gasteiger partial charge in [0.2, 0.25) is 5.91 Å². The number of ether oxygens (including phenoxy) is 1. The van der Waals surface area contributed by atoms with Gasteiger partial charge in [0.25, 0.3) is 0 Å². The third-order valence-electron chi connectivity index (χ3n) is 3.09. The lowest BCUT2D eigenvalue weighted by atomic mass is 10.1. The van der Waals surface area contributed by atoms with Gasteiger partial charge in [-0.2, -0.15) is 0 Å². The molecule has 0 heterocycles. The van der Waals surface area contributed by atoms with Crippen molar-refractivity contribution in [1.82, 2.24) is 5.32 Å². The molecule has 0 aromatic heterocycles. The fourth-order valence-electron chi connectivity index (χ4n) is 2.01. The third kappa shape index (κ3) is 3.95. The molecule has 5 heteroatoms. The average molecular weight is 288 g/mol. The van der Waals surface area contributed by atoms with E-state index >= 15 is 0 Å². The number of carbonyl (C=O) groups excluding carboxylic acids is 1.